The third-order valence-corrected chi connectivity index (χ3v) is 1.89. The van der Waals surface area contributed by atoms with E-state index in [4.69, 9.17) is 5.53 Å². The largest absolute Gasteiger partial charge is 0.300 e. The van der Waals surface area contributed by atoms with E-state index in [1.807, 2.05) is 24.3 Å². The molecule has 80 valence electrons. The number of Topliss-reactive ketones (excluding diaryl/α,β-unsaturated/α-hetero) is 1. The van der Waals surface area contributed by atoms with Crippen molar-refractivity contribution in [2.75, 3.05) is 6.54 Å². The van der Waals surface area contributed by atoms with Crippen molar-refractivity contribution < 1.29 is 4.79 Å². The molecule has 0 saturated carbocycles. The summed E-state index contributed by atoms with van der Waals surface area (Å²) in [4.78, 5) is 13.6. The Balaban J connectivity index is 2.88. The first-order valence-corrected chi connectivity index (χ1v) is 4.81. The van der Waals surface area contributed by atoms with Crippen LogP contribution in [-0.4, -0.2) is 12.3 Å². The number of carbonyl (C=O) groups excluding carboxylic acids is 1. The van der Waals surface area contributed by atoms with Crippen molar-refractivity contribution in [3.63, 3.8) is 0 Å². The predicted molar refractivity (Wildman–Crippen MR) is 61.7 cm³/mol. The van der Waals surface area contributed by atoms with Gasteiger partial charge in [-0.25, -0.2) is 0 Å². The van der Waals surface area contributed by atoms with Crippen LogP contribution in [0.5, 0.6) is 0 Å². The van der Waals surface area contributed by atoms with E-state index >= 15 is 0 Å². The molecule has 0 spiro atoms. The van der Waals surface area contributed by atoms with Gasteiger partial charge in [0.15, 0.2) is 0 Å². The normalized spacial score (nSPS) is 8.56. The number of benzene rings is 1. The fraction of sp³-hybridized carbons (Fsp3) is 0.250. The molecule has 0 amide bonds. The van der Waals surface area contributed by atoms with Crippen molar-refractivity contribution in [1.29, 1.82) is 0 Å². The summed E-state index contributed by atoms with van der Waals surface area (Å²) in [5, 5.41) is 3.32. The van der Waals surface area contributed by atoms with E-state index in [0.717, 1.165) is 11.1 Å². The quantitative estimate of drug-likeness (QED) is 0.329. The maximum atomic E-state index is 11.0. The van der Waals surface area contributed by atoms with Crippen LogP contribution in [0.15, 0.2) is 29.4 Å². The topological polar surface area (TPSA) is 65.8 Å². The minimum absolute atomic E-state index is 0.101. The lowest BCUT2D eigenvalue weighted by atomic mass is 10.0. The van der Waals surface area contributed by atoms with E-state index in [2.05, 4.69) is 21.9 Å². The number of ketones is 1. The van der Waals surface area contributed by atoms with Gasteiger partial charge in [-0.05, 0) is 24.1 Å². The Morgan fingerprint density at radius 2 is 2.25 bits per heavy atom. The van der Waals surface area contributed by atoms with Crippen LogP contribution < -0.4 is 0 Å². The lowest BCUT2D eigenvalue weighted by molar-refractivity contribution is -0.116. The number of rotatable bonds is 3. The molecular weight excluding hydrogens is 202 g/mol. The van der Waals surface area contributed by atoms with Crippen molar-refractivity contribution in [3.05, 3.63) is 45.8 Å². The van der Waals surface area contributed by atoms with Crippen LogP contribution >= 0.6 is 0 Å². The second kappa shape index (κ2) is 6.28. The molecular formula is C12H11N3O. The van der Waals surface area contributed by atoms with Gasteiger partial charge < -0.3 is 0 Å². The van der Waals surface area contributed by atoms with Gasteiger partial charge in [0, 0.05) is 16.9 Å². The molecule has 0 unspecified atom stereocenters. The Morgan fingerprint density at radius 3 is 2.94 bits per heavy atom. The standard InChI is InChI=1S/C12H11N3O/c1-10(16)9-12-6-3-2-5-11(12)7-4-8-14-15-13/h2-3,5-6H,8-9H2,1H3. The number of hydrogen-bond donors (Lipinski definition) is 0. The van der Waals surface area contributed by atoms with E-state index < -0.39 is 0 Å². The average molecular weight is 213 g/mol. The maximum absolute atomic E-state index is 11.0. The molecule has 0 heterocycles. The van der Waals surface area contributed by atoms with Crippen LogP contribution in [0.25, 0.3) is 10.4 Å². The van der Waals surface area contributed by atoms with Crippen LogP contribution in [0.3, 0.4) is 0 Å². The molecule has 0 atom stereocenters. The SMILES string of the molecule is CC(=O)Cc1ccccc1C#CCN=[N+]=[N-]. The number of carbonyl (C=O) groups is 1. The van der Waals surface area contributed by atoms with E-state index in [9.17, 15) is 4.79 Å². The van der Waals surface area contributed by atoms with Gasteiger partial charge in [0.2, 0.25) is 0 Å². The van der Waals surface area contributed by atoms with Crippen molar-refractivity contribution in [2.45, 2.75) is 13.3 Å². The predicted octanol–water partition coefficient (Wildman–Crippen LogP) is 2.48. The van der Waals surface area contributed by atoms with E-state index in [1.54, 1.807) is 6.92 Å². The van der Waals surface area contributed by atoms with Gasteiger partial charge in [0.25, 0.3) is 0 Å². The molecule has 0 aliphatic rings. The summed E-state index contributed by atoms with van der Waals surface area (Å²) in [5.74, 6) is 5.72. The highest BCUT2D eigenvalue weighted by Gasteiger charge is 2.01. The third-order valence-electron chi connectivity index (χ3n) is 1.89. The first-order chi connectivity index (χ1) is 7.74. The van der Waals surface area contributed by atoms with Crippen molar-refractivity contribution in [3.8, 4) is 11.8 Å². The van der Waals surface area contributed by atoms with Gasteiger partial charge in [-0.15, -0.1) is 0 Å². The van der Waals surface area contributed by atoms with Crippen molar-refractivity contribution in [1.82, 2.24) is 0 Å². The number of hydrogen-bond acceptors (Lipinski definition) is 2. The van der Waals surface area contributed by atoms with E-state index in [1.165, 1.54) is 0 Å². The summed E-state index contributed by atoms with van der Waals surface area (Å²) >= 11 is 0. The monoisotopic (exact) mass is 213 g/mol. The third kappa shape index (κ3) is 3.87. The summed E-state index contributed by atoms with van der Waals surface area (Å²) in [6.45, 7) is 1.69. The lowest BCUT2D eigenvalue weighted by Gasteiger charge is -2.00. The van der Waals surface area contributed by atoms with Crippen LogP contribution in [0.1, 0.15) is 18.1 Å². The highest BCUT2D eigenvalue weighted by Crippen LogP contribution is 2.08. The Hall–Kier alpha value is -2.24. The van der Waals surface area contributed by atoms with Gasteiger partial charge in [-0.3, -0.25) is 4.79 Å². The maximum Gasteiger partial charge on any atom is 0.134 e. The highest BCUT2D eigenvalue weighted by molar-refractivity contribution is 5.78. The van der Waals surface area contributed by atoms with E-state index in [0.29, 0.717) is 6.42 Å². The fourth-order valence-corrected chi connectivity index (χ4v) is 1.27. The zero-order chi connectivity index (χ0) is 11.8. The van der Waals surface area contributed by atoms with Crippen molar-refractivity contribution >= 4 is 5.78 Å². The first-order valence-electron chi connectivity index (χ1n) is 4.81. The molecule has 0 aliphatic heterocycles. The van der Waals surface area contributed by atoms with Crippen molar-refractivity contribution in [2.24, 2.45) is 5.11 Å². The fourth-order valence-electron chi connectivity index (χ4n) is 1.27. The summed E-state index contributed by atoms with van der Waals surface area (Å²) in [5.41, 5.74) is 9.80. The Morgan fingerprint density at radius 1 is 1.50 bits per heavy atom. The molecule has 0 fully saturated rings. The Bertz CT molecular complexity index is 490. The minimum atomic E-state index is 0.101. The van der Waals surface area contributed by atoms with E-state index in [-0.39, 0.29) is 12.3 Å². The zero-order valence-corrected chi connectivity index (χ0v) is 8.97. The smallest absolute Gasteiger partial charge is 0.134 e. The molecule has 0 radical (unpaired) electrons. The van der Waals surface area contributed by atoms with Crippen LogP contribution in [0.4, 0.5) is 0 Å². The molecule has 4 heteroatoms. The molecule has 0 N–H and O–H groups in total. The molecule has 0 aliphatic carbocycles. The second-order valence-corrected chi connectivity index (χ2v) is 3.23. The second-order valence-electron chi connectivity index (χ2n) is 3.23. The average Bonchev–Trinajstić information content (AvgIpc) is 2.26. The Kier molecular flexibility index (Phi) is 4.65. The highest BCUT2D eigenvalue weighted by atomic mass is 16.1. The molecule has 0 saturated heterocycles. The molecule has 4 nitrogen and oxygen atoms in total. The number of azide groups is 1. The molecule has 1 aromatic rings. The molecule has 1 aromatic carbocycles. The number of nitrogens with zero attached hydrogens (tertiary/aromatic N) is 3. The Labute approximate surface area is 93.9 Å². The van der Waals surface area contributed by atoms with Gasteiger partial charge in [-0.1, -0.05) is 35.2 Å². The van der Waals surface area contributed by atoms with Crippen LogP contribution in [0, 0.1) is 11.8 Å². The summed E-state index contributed by atoms with van der Waals surface area (Å²) in [7, 11) is 0. The zero-order valence-electron chi connectivity index (χ0n) is 8.97. The molecule has 16 heavy (non-hydrogen) atoms. The van der Waals surface area contributed by atoms with Crippen LogP contribution in [-0.2, 0) is 11.2 Å². The summed E-state index contributed by atoms with van der Waals surface area (Å²) in [6.07, 6.45) is 0.381. The van der Waals surface area contributed by atoms with Gasteiger partial charge in [0.05, 0.1) is 6.54 Å². The van der Waals surface area contributed by atoms with Gasteiger partial charge >= 0.3 is 0 Å². The van der Waals surface area contributed by atoms with Crippen LogP contribution in [0.2, 0.25) is 0 Å². The summed E-state index contributed by atoms with van der Waals surface area (Å²) < 4.78 is 0. The molecule has 1 rings (SSSR count). The molecule has 0 bridgehead atoms. The summed E-state index contributed by atoms with van der Waals surface area (Å²) in [6, 6.07) is 7.46. The molecule has 0 aromatic heterocycles. The minimum Gasteiger partial charge on any atom is -0.300 e. The lowest BCUT2D eigenvalue weighted by Crippen LogP contribution is -1.98. The van der Waals surface area contributed by atoms with Gasteiger partial charge in [0.1, 0.15) is 5.78 Å². The first kappa shape index (κ1) is 11.8. The van der Waals surface area contributed by atoms with Gasteiger partial charge in [-0.2, -0.15) is 0 Å².